The van der Waals surface area contributed by atoms with Crippen molar-refractivity contribution in [3.63, 3.8) is 0 Å². The van der Waals surface area contributed by atoms with E-state index in [9.17, 15) is 9.59 Å². The molecule has 1 N–H and O–H groups in total. The maximum atomic E-state index is 13.1. The fourth-order valence-corrected chi connectivity index (χ4v) is 3.75. The summed E-state index contributed by atoms with van der Waals surface area (Å²) in [6.45, 7) is 4.30. The predicted octanol–water partition coefficient (Wildman–Crippen LogP) is 4.43. The number of methoxy groups -OCH3 is 1. The predicted molar refractivity (Wildman–Crippen MR) is 121 cm³/mol. The minimum absolute atomic E-state index is 0.186. The Bertz CT molecular complexity index is 861. The minimum atomic E-state index is -0.600. The third-order valence-corrected chi connectivity index (χ3v) is 5.35. The first-order valence-corrected chi connectivity index (χ1v) is 10.8. The molecule has 0 spiro atoms. The zero-order valence-corrected chi connectivity index (χ0v) is 19.6. The van der Waals surface area contributed by atoms with Gasteiger partial charge >= 0.3 is 0 Å². The van der Waals surface area contributed by atoms with Gasteiger partial charge in [0.25, 0.3) is 5.91 Å². The Morgan fingerprint density at radius 2 is 1.87 bits per heavy atom. The number of hydrogen-bond donors (Lipinski definition) is 1. The van der Waals surface area contributed by atoms with Crippen LogP contribution in [0, 0.1) is 0 Å². The molecule has 2 aromatic rings. The molecule has 0 bridgehead atoms. The van der Waals surface area contributed by atoms with E-state index in [0.717, 1.165) is 11.3 Å². The first-order valence-electron chi connectivity index (χ1n) is 9.67. The van der Waals surface area contributed by atoms with Gasteiger partial charge in [0.2, 0.25) is 5.91 Å². The van der Waals surface area contributed by atoms with Gasteiger partial charge in [-0.05, 0) is 65.2 Å². The Kier molecular flexibility index (Phi) is 9.46. The van der Waals surface area contributed by atoms with Gasteiger partial charge in [0.05, 0.1) is 11.6 Å². The van der Waals surface area contributed by atoms with Crippen LogP contribution in [0.4, 0.5) is 0 Å². The molecule has 0 radical (unpaired) electrons. The summed E-state index contributed by atoms with van der Waals surface area (Å²) >= 11 is 9.33. The second-order valence-corrected chi connectivity index (χ2v) is 7.84. The van der Waals surface area contributed by atoms with Crippen molar-refractivity contribution in [1.82, 2.24) is 10.2 Å². The third kappa shape index (κ3) is 6.64. The highest BCUT2D eigenvalue weighted by Gasteiger charge is 2.28. The molecule has 2 amide bonds. The lowest BCUT2D eigenvalue weighted by atomic mass is 10.1. The molecule has 0 unspecified atom stereocenters. The second-order valence-electron chi connectivity index (χ2n) is 6.55. The summed E-state index contributed by atoms with van der Waals surface area (Å²) in [5.41, 5.74) is 0.888. The Morgan fingerprint density at radius 1 is 1.17 bits per heavy atom. The van der Waals surface area contributed by atoms with E-state index < -0.39 is 6.04 Å². The van der Waals surface area contributed by atoms with Gasteiger partial charge in [-0.25, -0.2) is 0 Å². The smallest absolute Gasteiger partial charge is 0.261 e. The Hall–Kier alpha value is -2.25. The summed E-state index contributed by atoms with van der Waals surface area (Å²) in [6, 6.07) is 11.9. The molecule has 6 nitrogen and oxygen atoms in total. The van der Waals surface area contributed by atoms with Gasteiger partial charge in [-0.2, -0.15) is 0 Å². The quantitative estimate of drug-likeness (QED) is 0.527. The van der Waals surface area contributed by atoms with Crippen LogP contribution in [0.15, 0.2) is 46.9 Å². The van der Waals surface area contributed by atoms with Crippen molar-refractivity contribution in [3.8, 4) is 11.5 Å². The van der Waals surface area contributed by atoms with Gasteiger partial charge in [0.1, 0.15) is 17.5 Å². The lowest BCUT2D eigenvalue weighted by Gasteiger charge is -2.30. The number of amides is 2. The summed E-state index contributed by atoms with van der Waals surface area (Å²) in [7, 11) is 1.60. The van der Waals surface area contributed by atoms with Gasteiger partial charge < -0.3 is 19.7 Å². The van der Waals surface area contributed by atoms with Crippen LogP contribution in [0.3, 0.4) is 0 Å². The summed E-state index contributed by atoms with van der Waals surface area (Å²) in [6.07, 6.45) is 0.484. The highest BCUT2D eigenvalue weighted by atomic mass is 79.9. The van der Waals surface area contributed by atoms with E-state index in [1.54, 1.807) is 30.2 Å². The lowest BCUT2D eigenvalue weighted by molar-refractivity contribution is -0.142. The van der Waals surface area contributed by atoms with Crippen LogP contribution < -0.4 is 14.8 Å². The average molecular weight is 498 g/mol. The van der Waals surface area contributed by atoms with E-state index in [1.807, 2.05) is 38.1 Å². The number of halogens is 2. The second kappa shape index (κ2) is 11.8. The van der Waals surface area contributed by atoms with Crippen LogP contribution in [0.5, 0.6) is 11.5 Å². The van der Waals surface area contributed by atoms with Crippen molar-refractivity contribution in [3.05, 3.63) is 57.5 Å². The van der Waals surface area contributed by atoms with E-state index in [4.69, 9.17) is 21.1 Å². The summed E-state index contributed by atoms with van der Waals surface area (Å²) in [4.78, 5) is 27.2. The number of ether oxygens (including phenoxy) is 2. The van der Waals surface area contributed by atoms with E-state index in [-0.39, 0.29) is 25.0 Å². The maximum absolute atomic E-state index is 13.1. The van der Waals surface area contributed by atoms with Crippen molar-refractivity contribution >= 4 is 39.3 Å². The molecule has 162 valence electrons. The average Bonchev–Trinajstić information content (AvgIpc) is 2.73. The SMILES string of the molecule is CCNC(=O)[C@@H](CC)N(Cc1ccc(OC)cc1)C(=O)COc1ccc(Cl)cc1Br. The first-order chi connectivity index (χ1) is 14.4. The molecule has 2 rings (SSSR count). The Morgan fingerprint density at radius 3 is 2.43 bits per heavy atom. The van der Waals surface area contributed by atoms with Gasteiger partial charge in [0, 0.05) is 18.1 Å². The van der Waals surface area contributed by atoms with E-state index in [0.29, 0.717) is 28.2 Å². The van der Waals surface area contributed by atoms with E-state index >= 15 is 0 Å². The number of nitrogens with one attached hydrogen (secondary N) is 1. The van der Waals surface area contributed by atoms with Crippen LogP contribution in [0.2, 0.25) is 5.02 Å². The molecule has 0 fully saturated rings. The largest absolute Gasteiger partial charge is 0.497 e. The summed E-state index contributed by atoms with van der Waals surface area (Å²) < 4.78 is 11.5. The Balaban J connectivity index is 2.21. The molecular formula is C22H26BrClN2O4. The number of carbonyl (C=O) groups is 2. The molecule has 0 aliphatic rings. The molecule has 0 saturated heterocycles. The highest BCUT2D eigenvalue weighted by molar-refractivity contribution is 9.10. The maximum Gasteiger partial charge on any atom is 0.261 e. The van der Waals surface area contributed by atoms with Crippen LogP contribution >= 0.6 is 27.5 Å². The molecule has 30 heavy (non-hydrogen) atoms. The van der Waals surface area contributed by atoms with E-state index in [2.05, 4.69) is 21.2 Å². The summed E-state index contributed by atoms with van der Waals surface area (Å²) in [5.74, 6) is 0.756. The molecule has 0 saturated carbocycles. The minimum Gasteiger partial charge on any atom is -0.497 e. The molecule has 2 aromatic carbocycles. The number of benzene rings is 2. The zero-order valence-electron chi connectivity index (χ0n) is 17.3. The van der Waals surface area contributed by atoms with Gasteiger partial charge in [0.15, 0.2) is 6.61 Å². The number of rotatable bonds is 10. The molecule has 0 aromatic heterocycles. The highest BCUT2D eigenvalue weighted by Crippen LogP contribution is 2.28. The van der Waals surface area contributed by atoms with Gasteiger partial charge in [-0.3, -0.25) is 9.59 Å². The molecular weight excluding hydrogens is 472 g/mol. The molecule has 0 aliphatic heterocycles. The first kappa shape index (κ1) is 24.0. The number of nitrogens with zero attached hydrogens (tertiary/aromatic N) is 1. The van der Waals surface area contributed by atoms with Crippen molar-refractivity contribution < 1.29 is 19.1 Å². The number of carbonyl (C=O) groups excluding carboxylic acids is 2. The van der Waals surface area contributed by atoms with Crippen molar-refractivity contribution in [1.29, 1.82) is 0 Å². The standard InChI is InChI=1S/C22H26BrClN2O4/c1-4-19(22(28)25-5-2)26(13-15-6-9-17(29-3)10-7-15)21(27)14-30-20-11-8-16(24)12-18(20)23/h6-12,19H,4-5,13-14H2,1-3H3,(H,25,28)/t19-/m1/s1. The van der Waals surface area contributed by atoms with Crippen molar-refractivity contribution in [2.24, 2.45) is 0 Å². The van der Waals surface area contributed by atoms with Crippen LogP contribution in [-0.2, 0) is 16.1 Å². The number of hydrogen-bond acceptors (Lipinski definition) is 4. The monoisotopic (exact) mass is 496 g/mol. The normalized spacial score (nSPS) is 11.5. The molecule has 8 heteroatoms. The number of likely N-dealkylation sites (N-methyl/N-ethyl adjacent to an activating group) is 1. The van der Waals surface area contributed by atoms with Crippen molar-refractivity contribution in [2.75, 3.05) is 20.3 Å². The summed E-state index contributed by atoms with van der Waals surface area (Å²) in [5, 5.41) is 3.37. The topological polar surface area (TPSA) is 67.9 Å². The van der Waals surface area contributed by atoms with Crippen molar-refractivity contribution in [2.45, 2.75) is 32.9 Å². The van der Waals surface area contributed by atoms with Gasteiger partial charge in [-0.15, -0.1) is 0 Å². The molecule has 1 atom stereocenters. The fraction of sp³-hybridized carbons (Fsp3) is 0.364. The van der Waals surface area contributed by atoms with Crippen LogP contribution in [0.1, 0.15) is 25.8 Å². The third-order valence-electron chi connectivity index (χ3n) is 4.49. The zero-order chi connectivity index (χ0) is 22.1. The Labute approximate surface area is 190 Å². The lowest BCUT2D eigenvalue weighted by Crippen LogP contribution is -2.50. The molecule has 0 heterocycles. The fourth-order valence-electron chi connectivity index (χ4n) is 2.95. The van der Waals surface area contributed by atoms with Gasteiger partial charge in [-0.1, -0.05) is 30.7 Å². The molecule has 0 aliphatic carbocycles. The van der Waals surface area contributed by atoms with E-state index in [1.165, 1.54) is 0 Å². The van der Waals surface area contributed by atoms with Crippen LogP contribution in [-0.4, -0.2) is 43.0 Å². The van der Waals surface area contributed by atoms with Crippen LogP contribution in [0.25, 0.3) is 0 Å².